The summed E-state index contributed by atoms with van der Waals surface area (Å²) in [5.74, 6) is -0.830. The standard InChI is InChI=1S/C23H21Cl2F3N4O3/c1-3-32-21(34)19(10-35-32)30-20(33)18-5-4-17(6-13(18)2)31-12-22(11-29-31,23(26,27)28)14-7-15(24)9-16(25)8-14/h4-9,11,19H,3,10,12H2,1-2H3,(H,30,33)/t19-,22?/m1/s1. The minimum absolute atomic E-state index is 0.0328. The van der Waals surface area contributed by atoms with E-state index in [4.69, 9.17) is 28.0 Å². The number of likely N-dealkylation sites (N-methyl/N-ethyl adjacent to an activating group) is 1. The Labute approximate surface area is 209 Å². The van der Waals surface area contributed by atoms with Gasteiger partial charge in [0.2, 0.25) is 0 Å². The largest absolute Gasteiger partial charge is 0.405 e. The molecule has 1 fully saturated rings. The van der Waals surface area contributed by atoms with Crippen molar-refractivity contribution >= 4 is 46.9 Å². The predicted octanol–water partition coefficient (Wildman–Crippen LogP) is 4.50. The van der Waals surface area contributed by atoms with Crippen molar-refractivity contribution in [2.75, 3.05) is 24.7 Å². The second-order valence-electron chi connectivity index (χ2n) is 8.28. The number of alkyl halides is 3. The molecule has 0 aromatic heterocycles. The third-order valence-electron chi connectivity index (χ3n) is 5.99. The summed E-state index contributed by atoms with van der Waals surface area (Å²) in [6.07, 6.45) is -3.83. The van der Waals surface area contributed by atoms with Gasteiger partial charge in [0.25, 0.3) is 11.8 Å². The van der Waals surface area contributed by atoms with E-state index in [9.17, 15) is 22.8 Å². The number of benzene rings is 2. The van der Waals surface area contributed by atoms with E-state index in [1.54, 1.807) is 19.9 Å². The fourth-order valence-electron chi connectivity index (χ4n) is 4.07. The molecule has 2 amide bonds. The normalized spacial score (nSPS) is 22.3. The van der Waals surface area contributed by atoms with Gasteiger partial charge in [-0.05, 0) is 61.4 Å². The van der Waals surface area contributed by atoms with Crippen molar-refractivity contribution in [3.8, 4) is 0 Å². The summed E-state index contributed by atoms with van der Waals surface area (Å²) in [5.41, 5.74) is -1.38. The van der Waals surface area contributed by atoms with Crippen molar-refractivity contribution < 1.29 is 27.6 Å². The number of nitrogens with zero attached hydrogens (tertiary/aromatic N) is 3. The average molecular weight is 529 g/mol. The van der Waals surface area contributed by atoms with Gasteiger partial charge in [-0.1, -0.05) is 23.2 Å². The first kappa shape index (κ1) is 25.3. The highest BCUT2D eigenvalue weighted by atomic mass is 35.5. The number of carbonyl (C=O) groups excluding carboxylic acids is 2. The number of hydroxylamine groups is 2. The smallest absolute Gasteiger partial charge is 0.338 e. The number of halogens is 5. The highest BCUT2D eigenvalue weighted by molar-refractivity contribution is 6.34. The SMILES string of the molecule is CCN1OC[C@@H](NC(=O)c2ccc(N3CC(c4cc(Cl)cc(Cl)c4)(C(F)(F)F)C=N3)cc2C)C1=O. The Morgan fingerprint density at radius 3 is 2.49 bits per heavy atom. The Balaban J connectivity index is 1.56. The zero-order chi connectivity index (χ0) is 25.5. The Morgan fingerprint density at radius 2 is 1.91 bits per heavy atom. The van der Waals surface area contributed by atoms with Gasteiger partial charge < -0.3 is 5.32 Å². The maximum absolute atomic E-state index is 14.3. The van der Waals surface area contributed by atoms with E-state index in [0.717, 1.165) is 6.21 Å². The van der Waals surface area contributed by atoms with Gasteiger partial charge >= 0.3 is 6.18 Å². The van der Waals surface area contributed by atoms with Gasteiger partial charge in [-0.25, -0.2) is 5.06 Å². The summed E-state index contributed by atoms with van der Waals surface area (Å²) < 4.78 is 42.9. The first-order chi connectivity index (χ1) is 16.4. The number of rotatable bonds is 5. The average Bonchev–Trinajstić information content (AvgIpc) is 3.38. The number of aryl methyl sites for hydroxylation is 1. The number of hydrogen-bond donors (Lipinski definition) is 1. The fraction of sp³-hybridized carbons (Fsp3) is 0.348. The van der Waals surface area contributed by atoms with Gasteiger partial charge in [-0.3, -0.25) is 19.4 Å². The molecule has 7 nitrogen and oxygen atoms in total. The quantitative estimate of drug-likeness (QED) is 0.620. The van der Waals surface area contributed by atoms with Gasteiger partial charge in [0.05, 0.1) is 12.2 Å². The van der Waals surface area contributed by atoms with Crippen LogP contribution in [0.15, 0.2) is 41.5 Å². The lowest BCUT2D eigenvalue weighted by Crippen LogP contribution is -2.47. The summed E-state index contributed by atoms with van der Waals surface area (Å²) in [6.45, 7) is 3.26. The zero-order valence-electron chi connectivity index (χ0n) is 18.7. The van der Waals surface area contributed by atoms with E-state index < -0.39 is 30.1 Å². The third-order valence-corrected chi connectivity index (χ3v) is 6.42. The van der Waals surface area contributed by atoms with Crippen molar-refractivity contribution in [1.29, 1.82) is 0 Å². The number of amides is 2. The number of hydrazone groups is 1. The highest BCUT2D eigenvalue weighted by Gasteiger charge is 2.58. The van der Waals surface area contributed by atoms with Crippen LogP contribution < -0.4 is 10.3 Å². The van der Waals surface area contributed by atoms with Gasteiger partial charge in [-0.2, -0.15) is 18.3 Å². The molecule has 4 rings (SSSR count). The Morgan fingerprint density at radius 1 is 1.23 bits per heavy atom. The molecule has 186 valence electrons. The van der Waals surface area contributed by atoms with Crippen molar-refractivity contribution in [1.82, 2.24) is 10.4 Å². The minimum Gasteiger partial charge on any atom is -0.338 e. The molecule has 2 aromatic carbocycles. The van der Waals surface area contributed by atoms with Gasteiger partial charge in [-0.15, -0.1) is 0 Å². The van der Waals surface area contributed by atoms with Crippen LogP contribution in [0, 0.1) is 6.92 Å². The van der Waals surface area contributed by atoms with Crippen molar-refractivity contribution in [2.24, 2.45) is 5.10 Å². The van der Waals surface area contributed by atoms with Crippen molar-refractivity contribution in [3.63, 3.8) is 0 Å². The lowest BCUT2D eigenvalue weighted by molar-refractivity contribution is -0.164. The van der Waals surface area contributed by atoms with E-state index in [0.29, 0.717) is 17.8 Å². The summed E-state index contributed by atoms with van der Waals surface area (Å²) in [5, 5.41) is 9.21. The number of hydrogen-bond acceptors (Lipinski definition) is 5. The van der Waals surface area contributed by atoms with Crippen LogP contribution in [0.3, 0.4) is 0 Å². The molecule has 12 heteroatoms. The van der Waals surface area contributed by atoms with E-state index in [1.165, 1.54) is 40.4 Å². The van der Waals surface area contributed by atoms with Crippen LogP contribution in [0.4, 0.5) is 18.9 Å². The second-order valence-corrected chi connectivity index (χ2v) is 9.16. The molecule has 1 unspecified atom stereocenters. The Bertz CT molecular complexity index is 1190. The second kappa shape index (κ2) is 9.33. The van der Waals surface area contributed by atoms with Crippen molar-refractivity contribution in [3.05, 3.63) is 63.1 Å². The first-order valence-corrected chi connectivity index (χ1v) is 11.4. The summed E-state index contributed by atoms with van der Waals surface area (Å²) in [4.78, 5) is 30.1. The Hall–Kier alpha value is -2.82. The van der Waals surface area contributed by atoms with E-state index >= 15 is 0 Å². The van der Waals surface area contributed by atoms with Crippen LogP contribution >= 0.6 is 23.2 Å². The highest BCUT2D eigenvalue weighted by Crippen LogP contribution is 2.45. The molecule has 0 spiro atoms. The monoisotopic (exact) mass is 528 g/mol. The molecule has 35 heavy (non-hydrogen) atoms. The van der Waals surface area contributed by atoms with E-state index in [-0.39, 0.29) is 33.7 Å². The van der Waals surface area contributed by atoms with E-state index in [1.807, 2.05) is 0 Å². The molecule has 2 aliphatic heterocycles. The lowest BCUT2D eigenvalue weighted by atomic mass is 9.81. The van der Waals surface area contributed by atoms with Gasteiger partial charge in [0, 0.05) is 28.4 Å². The molecular formula is C23H21Cl2F3N4O3. The van der Waals surface area contributed by atoms with Gasteiger partial charge in [0.1, 0.15) is 18.1 Å². The third kappa shape index (κ3) is 4.70. The van der Waals surface area contributed by atoms with Crippen LogP contribution in [0.5, 0.6) is 0 Å². The molecule has 0 aliphatic carbocycles. The zero-order valence-corrected chi connectivity index (χ0v) is 20.2. The van der Waals surface area contributed by atoms with E-state index in [2.05, 4.69) is 10.4 Å². The topological polar surface area (TPSA) is 74.2 Å². The predicted molar refractivity (Wildman–Crippen MR) is 126 cm³/mol. The minimum atomic E-state index is -4.67. The molecular weight excluding hydrogens is 508 g/mol. The molecule has 1 saturated heterocycles. The van der Waals surface area contributed by atoms with Crippen LogP contribution in [0.1, 0.15) is 28.4 Å². The van der Waals surface area contributed by atoms with Gasteiger partial charge in [0.15, 0.2) is 0 Å². The number of nitrogens with one attached hydrogen (secondary N) is 1. The maximum atomic E-state index is 14.3. The Kier molecular flexibility index (Phi) is 6.74. The van der Waals surface area contributed by atoms with Crippen LogP contribution in [0.2, 0.25) is 10.0 Å². The molecule has 0 bridgehead atoms. The molecule has 2 aromatic rings. The fourth-order valence-corrected chi connectivity index (χ4v) is 4.60. The number of anilines is 1. The summed E-state index contributed by atoms with van der Waals surface area (Å²) in [6, 6.07) is 7.56. The van der Waals surface area contributed by atoms with Crippen LogP contribution in [-0.4, -0.2) is 55.0 Å². The lowest BCUT2D eigenvalue weighted by Gasteiger charge is -2.31. The molecule has 2 heterocycles. The maximum Gasteiger partial charge on any atom is 0.405 e. The molecule has 2 atom stereocenters. The molecule has 2 aliphatic rings. The van der Waals surface area contributed by atoms with Crippen molar-refractivity contribution in [2.45, 2.75) is 31.5 Å². The molecule has 0 saturated carbocycles. The molecule has 1 N–H and O–H groups in total. The summed E-state index contributed by atoms with van der Waals surface area (Å²) >= 11 is 11.9. The molecule has 0 radical (unpaired) electrons. The first-order valence-electron chi connectivity index (χ1n) is 10.7. The van der Waals surface area contributed by atoms with Crippen LogP contribution in [0.25, 0.3) is 0 Å². The number of carbonyl (C=O) groups is 2. The summed E-state index contributed by atoms with van der Waals surface area (Å²) in [7, 11) is 0. The van der Waals surface area contributed by atoms with Crippen LogP contribution in [-0.2, 0) is 15.0 Å².